The number of halogens is 1. The van der Waals surface area contributed by atoms with Gasteiger partial charge in [-0.05, 0) is 36.4 Å². The summed E-state index contributed by atoms with van der Waals surface area (Å²) in [6.07, 6.45) is 0. The average Bonchev–Trinajstić information content (AvgIpc) is 2.46. The molecule has 0 aliphatic carbocycles. The van der Waals surface area contributed by atoms with Gasteiger partial charge in [0.25, 0.3) is 5.91 Å². The van der Waals surface area contributed by atoms with E-state index in [4.69, 9.17) is 5.73 Å². The number of carbonyl (C=O) groups is 1. The minimum atomic E-state index is -0.330. The summed E-state index contributed by atoms with van der Waals surface area (Å²) in [4.78, 5) is 13.9. The summed E-state index contributed by atoms with van der Waals surface area (Å²) in [5, 5.41) is 0. The predicted molar refractivity (Wildman–Crippen MR) is 73.6 cm³/mol. The van der Waals surface area contributed by atoms with Gasteiger partial charge in [-0.1, -0.05) is 18.2 Å². The van der Waals surface area contributed by atoms with Gasteiger partial charge in [0, 0.05) is 24.3 Å². The fourth-order valence-corrected chi connectivity index (χ4v) is 1.83. The Kier molecular flexibility index (Phi) is 4.26. The number of nitrogens with zero attached hydrogens (tertiary/aromatic N) is 1. The maximum Gasteiger partial charge on any atom is 0.258 e. The lowest BCUT2D eigenvalue weighted by Gasteiger charge is -2.22. The van der Waals surface area contributed by atoms with Crippen molar-refractivity contribution in [1.29, 1.82) is 0 Å². The molecule has 0 radical (unpaired) electrons. The lowest BCUT2D eigenvalue weighted by Crippen LogP contribution is -2.35. The molecular weight excluding hydrogens is 243 g/mol. The van der Waals surface area contributed by atoms with Gasteiger partial charge in [-0.15, -0.1) is 0 Å². The van der Waals surface area contributed by atoms with E-state index in [-0.39, 0.29) is 11.7 Å². The zero-order valence-corrected chi connectivity index (χ0v) is 10.4. The Hall–Kier alpha value is -2.20. The minimum Gasteiger partial charge on any atom is -0.329 e. The summed E-state index contributed by atoms with van der Waals surface area (Å²) in [5.74, 6) is -0.471. The largest absolute Gasteiger partial charge is 0.329 e. The number of rotatable bonds is 4. The maximum absolute atomic E-state index is 12.9. The van der Waals surface area contributed by atoms with Crippen LogP contribution >= 0.6 is 0 Å². The molecule has 0 saturated carbocycles. The number of amides is 1. The fourth-order valence-electron chi connectivity index (χ4n) is 1.83. The van der Waals surface area contributed by atoms with E-state index in [1.807, 2.05) is 6.07 Å². The molecule has 19 heavy (non-hydrogen) atoms. The van der Waals surface area contributed by atoms with Crippen LogP contribution in [0, 0.1) is 5.82 Å². The van der Waals surface area contributed by atoms with E-state index in [0.717, 1.165) is 0 Å². The molecule has 0 saturated heterocycles. The van der Waals surface area contributed by atoms with Gasteiger partial charge in [-0.25, -0.2) is 4.39 Å². The molecule has 2 N–H and O–H groups in total. The lowest BCUT2D eigenvalue weighted by molar-refractivity contribution is 0.0987. The number of anilines is 1. The number of carbonyl (C=O) groups excluding carboxylic acids is 1. The number of nitrogens with two attached hydrogens (primary N) is 1. The molecule has 0 aromatic heterocycles. The summed E-state index contributed by atoms with van der Waals surface area (Å²) < 4.78 is 12.9. The molecule has 0 atom stereocenters. The molecule has 0 unspecified atom stereocenters. The Morgan fingerprint density at radius 2 is 1.68 bits per heavy atom. The minimum absolute atomic E-state index is 0.141. The van der Waals surface area contributed by atoms with Crippen molar-refractivity contribution in [2.45, 2.75) is 0 Å². The molecular formula is C15H15FN2O. The highest BCUT2D eigenvalue weighted by Gasteiger charge is 2.16. The van der Waals surface area contributed by atoms with Crippen molar-refractivity contribution in [3.63, 3.8) is 0 Å². The maximum atomic E-state index is 12.9. The topological polar surface area (TPSA) is 46.3 Å². The van der Waals surface area contributed by atoms with E-state index in [2.05, 4.69) is 0 Å². The molecule has 1 amide bonds. The van der Waals surface area contributed by atoms with Crippen LogP contribution in [-0.4, -0.2) is 19.0 Å². The molecule has 3 nitrogen and oxygen atoms in total. The van der Waals surface area contributed by atoms with Crippen LogP contribution in [0.5, 0.6) is 0 Å². The van der Waals surface area contributed by atoms with Crippen LogP contribution in [0.15, 0.2) is 54.6 Å². The molecule has 2 aromatic rings. The second-order valence-corrected chi connectivity index (χ2v) is 4.09. The second-order valence-electron chi connectivity index (χ2n) is 4.09. The van der Waals surface area contributed by atoms with Gasteiger partial charge in [-0.3, -0.25) is 4.79 Å². The highest BCUT2D eigenvalue weighted by molar-refractivity contribution is 6.06. The van der Waals surface area contributed by atoms with E-state index in [1.165, 1.54) is 12.1 Å². The summed E-state index contributed by atoms with van der Waals surface area (Å²) >= 11 is 0. The third-order valence-corrected chi connectivity index (χ3v) is 2.76. The first-order valence-electron chi connectivity index (χ1n) is 6.05. The molecule has 0 bridgehead atoms. The van der Waals surface area contributed by atoms with Crippen molar-refractivity contribution >= 4 is 11.6 Å². The van der Waals surface area contributed by atoms with Gasteiger partial charge in [0.05, 0.1) is 0 Å². The van der Waals surface area contributed by atoms with Gasteiger partial charge in [0.15, 0.2) is 0 Å². The van der Waals surface area contributed by atoms with E-state index >= 15 is 0 Å². The monoisotopic (exact) mass is 258 g/mol. The fraction of sp³-hybridized carbons (Fsp3) is 0.133. The van der Waals surface area contributed by atoms with E-state index < -0.39 is 0 Å². The summed E-state index contributed by atoms with van der Waals surface area (Å²) in [7, 11) is 0. The van der Waals surface area contributed by atoms with Crippen LogP contribution in [-0.2, 0) is 0 Å². The van der Waals surface area contributed by atoms with Gasteiger partial charge in [0.1, 0.15) is 5.82 Å². The highest BCUT2D eigenvalue weighted by atomic mass is 19.1. The summed E-state index contributed by atoms with van der Waals surface area (Å²) in [6.45, 7) is 0.731. The quantitative estimate of drug-likeness (QED) is 0.915. The smallest absolute Gasteiger partial charge is 0.258 e. The molecule has 0 fully saturated rings. The van der Waals surface area contributed by atoms with Crippen LogP contribution in [0.3, 0.4) is 0 Å². The third kappa shape index (κ3) is 3.17. The lowest BCUT2D eigenvalue weighted by atomic mass is 10.2. The Bertz CT molecular complexity index is 540. The SMILES string of the molecule is NCCN(C(=O)c1ccccc1)c1ccc(F)cc1. The first kappa shape index (κ1) is 13.2. The van der Waals surface area contributed by atoms with Crippen molar-refractivity contribution in [3.8, 4) is 0 Å². The molecule has 0 heterocycles. The van der Waals surface area contributed by atoms with Crippen molar-refractivity contribution in [3.05, 3.63) is 66.0 Å². The Labute approximate surface area is 111 Å². The number of hydrogen-bond donors (Lipinski definition) is 1. The van der Waals surface area contributed by atoms with E-state index in [9.17, 15) is 9.18 Å². The highest BCUT2D eigenvalue weighted by Crippen LogP contribution is 2.17. The zero-order chi connectivity index (χ0) is 13.7. The number of hydrogen-bond acceptors (Lipinski definition) is 2. The first-order chi connectivity index (χ1) is 9.22. The van der Waals surface area contributed by atoms with Crippen LogP contribution in [0.2, 0.25) is 0 Å². The van der Waals surface area contributed by atoms with E-state index in [1.54, 1.807) is 41.3 Å². The average molecular weight is 258 g/mol. The molecule has 0 aliphatic heterocycles. The molecule has 4 heteroatoms. The normalized spacial score (nSPS) is 10.2. The molecule has 2 aromatic carbocycles. The van der Waals surface area contributed by atoms with Crippen molar-refractivity contribution in [1.82, 2.24) is 0 Å². The van der Waals surface area contributed by atoms with Gasteiger partial charge < -0.3 is 10.6 Å². The Morgan fingerprint density at radius 1 is 1.05 bits per heavy atom. The van der Waals surface area contributed by atoms with Crippen LogP contribution in [0.4, 0.5) is 10.1 Å². The van der Waals surface area contributed by atoms with Gasteiger partial charge >= 0.3 is 0 Å². The Morgan fingerprint density at radius 3 is 2.26 bits per heavy atom. The van der Waals surface area contributed by atoms with E-state index in [0.29, 0.717) is 24.3 Å². The number of benzene rings is 2. The summed E-state index contributed by atoms with van der Waals surface area (Å²) in [6, 6.07) is 14.8. The Balaban J connectivity index is 2.30. The summed E-state index contributed by atoms with van der Waals surface area (Å²) in [5.41, 5.74) is 6.77. The third-order valence-electron chi connectivity index (χ3n) is 2.76. The molecule has 98 valence electrons. The predicted octanol–water partition coefficient (Wildman–Crippen LogP) is 2.43. The van der Waals surface area contributed by atoms with Crippen molar-refractivity contribution < 1.29 is 9.18 Å². The first-order valence-corrected chi connectivity index (χ1v) is 6.05. The zero-order valence-electron chi connectivity index (χ0n) is 10.4. The van der Waals surface area contributed by atoms with Crippen LogP contribution in [0.25, 0.3) is 0 Å². The van der Waals surface area contributed by atoms with Crippen molar-refractivity contribution in [2.75, 3.05) is 18.0 Å². The molecule has 0 spiro atoms. The van der Waals surface area contributed by atoms with Gasteiger partial charge in [-0.2, -0.15) is 0 Å². The molecule has 0 aliphatic rings. The molecule has 2 rings (SSSR count). The van der Waals surface area contributed by atoms with Crippen molar-refractivity contribution in [2.24, 2.45) is 5.73 Å². The standard InChI is InChI=1S/C15H15FN2O/c16-13-6-8-14(9-7-13)18(11-10-17)15(19)12-4-2-1-3-5-12/h1-9H,10-11,17H2. The van der Waals surface area contributed by atoms with Gasteiger partial charge in [0.2, 0.25) is 0 Å². The van der Waals surface area contributed by atoms with Crippen LogP contribution < -0.4 is 10.6 Å². The van der Waals surface area contributed by atoms with Crippen LogP contribution in [0.1, 0.15) is 10.4 Å². The second kappa shape index (κ2) is 6.11.